The fourth-order valence-electron chi connectivity index (χ4n) is 2.88. The van der Waals surface area contributed by atoms with Crippen LogP contribution in [0.3, 0.4) is 0 Å². The Morgan fingerprint density at radius 2 is 2.26 bits per heavy atom. The van der Waals surface area contributed by atoms with Crippen molar-refractivity contribution < 1.29 is 18.0 Å². The molecule has 0 aliphatic carbocycles. The van der Waals surface area contributed by atoms with Crippen LogP contribution in [0.25, 0.3) is 0 Å². The summed E-state index contributed by atoms with van der Waals surface area (Å²) in [5.41, 5.74) is 4.55. The first-order valence-electron chi connectivity index (χ1n) is 7.01. The van der Waals surface area contributed by atoms with Crippen LogP contribution in [0.5, 0.6) is 0 Å². The molecule has 1 fully saturated rings. The van der Waals surface area contributed by atoms with Crippen molar-refractivity contribution in [2.45, 2.75) is 30.7 Å². The van der Waals surface area contributed by atoms with Gasteiger partial charge in [-0.05, 0) is 45.8 Å². The Morgan fingerprint density at radius 3 is 2.78 bits per heavy atom. The van der Waals surface area contributed by atoms with Crippen LogP contribution in [0.15, 0.2) is 25.5 Å². The van der Waals surface area contributed by atoms with Gasteiger partial charge in [0, 0.05) is 19.0 Å². The molecule has 1 amide bonds. The highest BCUT2D eigenvalue weighted by Crippen LogP contribution is 2.52. The van der Waals surface area contributed by atoms with Crippen LogP contribution >= 0.6 is 27.3 Å². The van der Waals surface area contributed by atoms with Gasteiger partial charge in [-0.2, -0.15) is 13.2 Å². The van der Waals surface area contributed by atoms with Gasteiger partial charge in [-0.1, -0.05) is 0 Å². The third-order valence-electron chi connectivity index (χ3n) is 4.20. The topological polar surface area (TPSA) is 71.1 Å². The molecule has 2 atom stereocenters. The number of hydrogen-bond donors (Lipinski definition) is 1. The summed E-state index contributed by atoms with van der Waals surface area (Å²) in [6.45, 7) is 0.250. The van der Waals surface area contributed by atoms with Gasteiger partial charge in [-0.15, -0.1) is 21.6 Å². The zero-order valence-corrected chi connectivity index (χ0v) is 14.3. The van der Waals surface area contributed by atoms with Crippen molar-refractivity contribution >= 4 is 33.2 Å². The molecule has 0 radical (unpaired) electrons. The zero-order chi connectivity index (χ0) is 16.8. The molecule has 0 spiro atoms. The lowest BCUT2D eigenvalue weighted by Gasteiger charge is -2.23. The van der Waals surface area contributed by atoms with E-state index in [1.54, 1.807) is 0 Å². The molecule has 23 heavy (non-hydrogen) atoms. The summed E-state index contributed by atoms with van der Waals surface area (Å²) in [5, 5.41) is 8.34. The maximum Gasteiger partial charge on any atom is 0.438 e. The lowest BCUT2D eigenvalue weighted by molar-refractivity contribution is -0.175. The van der Waals surface area contributed by atoms with Crippen molar-refractivity contribution in [2.75, 3.05) is 13.1 Å². The van der Waals surface area contributed by atoms with Crippen LogP contribution < -0.4 is 5.73 Å². The van der Waals surface area contributed by atoms with E-state index in [4.69, 9.17) is 5.73 Å². The summed E-state index contributed by atoms with van der Waals surface area (Å²) in [6, 6.07) is 1.12. The van der Waals surface area contributed by atoms with Gasteiger partial charge in [0.1, 0.15) is 0 Å². The summed E-state index contributed by atoms with van der Waals surface area (Å²) < 4.78 is 40.0. The second-order valence-corrected chi connectivity index (χ2v) is 8.05. The average molecular weight is 411 g/mol. The van der Waals surface area contributed by atoms with E-state index in [1.165, 1.54) is 16.2 Å². The third kappa shape index (κ3) is 3.16. The fourth-order valence-corrected chi connectivity index (χ4v) is 4.10. The smallest absolute Gasteiger partial charge is 0.341 e. The van der Waals surface area contributed by atoms with Crippen molar-refractivity contribution in [3.63, 3.8) is 0 Å². The molecule has 1 saturated heterocycles. The number of likely N-dealkylation sites (tertiary alicyclic amines) is 1. The first kappa shape index (κ1) is 16.8. The molecule has 2 aliphatic rings. The minimum absolute atomic E-state index is 0.00756. The third-order valence-corrected chi connectivity index (χ3v) is 5.75. The van der Waals surface area contributed by atoms with Gasteiger partial charge in [0.15, 0.2) is 0 Å². The maximum atomic E-state index is 13.0. The Morgan fingerprint density at radius 1 is 1.57 bits per heavy atom. The van der Waals surface area contributed by atoms with Crippen molar-refractivity contribution in [1.82, 2.24) is 4.90 Å². The first-order valence-corrected chi connectivity index (χ1v) is 8.68. The summed E-state index contributed by atoms with van der Waals surface area (Å²) in [5.74, 6) is -1.14. The number of nitrogens with two attached hydrogens (primary N) is 1. The number of halogens is 4. The highest BCUT2D eigenvalue weighted by molar-refractivity contribution is 9.11. The first-order chi connectivity index (χ1) is 10.7. The molecule has 3 heterocycles. The van der Waals surface area contributed by atoms with Gasteiger partial charge >= 0.3 is 6.18 Å². The number of carbonyl (C=O) groups excluding carboxylic acids is 1. The minimum atomic E-state index is -4.50. The summed E-state index contributed by atoms with van der Waals surface area (Å²) >= 11 is 4.83. The quantitative estimate of drug-likeness (QED) is 0.828. The predicted octanol–water partition coefficient (Wildman–Crippen LogP) is 2.95. The van der Waals surface area contributed by atoms with Crippen LogP contribution in [0.4, 0.5) is 13.2 Å². The second kappa shape index (κ2) is 5.82. The molecule has 0 bridgehead atoms. The van der Waals surface area contributed by atoms with Crippen molar-refractivity contribution in [1.29, 1.82) is 0 Å². The number of hydrogen-bond acceptors (Lipinski definition) is 5. The monoisotopic (exact) mass is 410 g/mol. The molecule has 2 aliphatic heterocycles. The Balaban J connectivity index is 1.59. The summed E-state index contributed by atoms with van der Waals surface area (Å²) in [6.07, 6.45) is -3.90. The van der Waals surface area contributed by atoms with Crippen LogP contribution in [-0.4, -0.2) is 41.8 Å². The zero-order valence-electron chi connectivity index (χ0n) is 11.9. The molecule has 3 rings (SSSR count). The number of nitrogens with zero attached hydrogens (tertiary/aromatic N) is 3. The van der Waals surface area contributed by atoms with Gasteiger partial charge in [-0.3, -0.25) is 4.79 Å². The van der Waals surface area contributed by atoms with Gasteiger partial charge in [0.05, 0.1) is 9.83 Å². The lowest BCUT2D eigenvalue weighted by atomic mass is 9.95. The lowest BCUT2D eigenvalue weighted by Crippen LogP contribution is -2.46. The second-order valence-electron chi connectivity index (χ2n) is 5.76. The van der Waals surface area contributed by atoms with E-state index in [-0.39, 0.29) is 25.4 Å². The maximum absolute atomic E-state index is 13.0. The molecule has 1 aromatic rings. The van der Waals surface area contributed by atoms with E-state index in [0.717, 1.165) is 9.35 Å². The molecule has 1 aromatic heterocycles. The highest BCUT2D eigenvalue weighted by atomic mass is 79.9. The Bertz CT molecular complexity index is 641. The van der Waals surface area contributed by atoms with E-state index >= 15 is 0 Å². The van der Waals surface area contributed by atoms with E-state index in [2.05, 4.69) is 26.2 Å². The van der Waals surface area contributed by atoms with Gasteiger partial charge < -0.3 is 10.6 Å². The van der Waals surface area contributed by atoms with E-state index < -0.39 is 23.8 Å². The summed E-state index contributed by atoms with van der Waals surface area (Å²) in [4.78, 5) is 13.7. The molecule has 0 aromatic carbocycles. The molecule has 0 saturated carbocycles. The number of rotatable bonds is 4. The van der Waals surface area contributed by atoms with Crippen LogP contribution in [0.1, 0.15) is 12.0 Å². The van der Waals surface area contributed by atoms with Crippen LogP contribution in [0, 0.1) is 5.92 Å². The van der Waals surface area contributed by atoms with Gasteiger partial charge in [0.2, 0.25) is 5.91 Å². The molecular weight excluding hydrogens is 397 g/mol. The molecular formula is C13H14BrF3N4OS. The van der Waals surface area contributed by atoms with Gasteiger partial charge in [-0.25, -0.2) is 0 Å². The standard InChI is InChI=1S/C13H14BrF3N4OS/c14-10-4-7(6-23-10)3-9(18)11(22)21-2-1-8(5-21)12(19-20-12)13(15,16)17/h4,6,8-9H,1-3,5,18H2. The predicted molar refractivity (Wildman–Crippen MR) is 82.0 cm³/mol. The number of amides is 1. The van der Waals surface area contributed by atoms with Crippen molar-refractivity contribution in [3.8, 4) is 0 Å². The SMILES string of the molecule is NC(Cc1csc(Br)c1)C(=O)N1CCC(C2(C(F)(F)F)N=N2)C1. The van der Waals surface area contributed by atoms with Crippen molar-refractivity contribution in [2.24, 2.45) is 21.9 Å². The average Bonchev–Trinajstić information content (AvgIpc) is 2.98. The van der Waals surface area contributed by atoms with E-state index in [9.17, 15) is 18.0 Å². The van der Waals surface area contributed by atoms with Crippen LogP contribution in [0.2, 0.25) is 0 Å². The van der Waals surface area contributed by atoms with Crippen molar-refractivity contribution in [3.05, 3.63) is 20.8 Å². The molecule has 2 N–H and O–H groups in total. The highest BCUT2D eigenvalue weighted by Gasteiger charge is 2.69. The number of alkyl halides is 3. The number of carbonyl (C=O) groups is 1. The summed E-state index contributed by atoms with van der Waals surface area (Å²) in [7, 11) is 0. The Kier molecular flexibility index (Phi) is 4.26. The molecule has 126 valence electrons. The largest absolute Gasteiger partial charge is 0.438 e. The Hall–Kier alpha value is -1.00. The Labute approximate surface area is 142 Å². The van der Waals surface area contributed by atoms with E-state index in [0.29, 0.717) is 6.42 Å². The van der Waals surface area contributed by atoms with Gasteiger partial charge in [0.25, 0.3) is 5.66 Å². The molecule has 10 heteroatoms. The molecule has 5 nitrogen and oxygen atoms in total. The minimum Gasteiger partial charge on any atom is -0.341 e. The fraction of sp³-hybridized carbons (Fsp3) is 0.615. The number of thiophene rings is 1. The molecule has 2 unspecified atom stereocenters. The van der Waals surface area contributed by atoms with E-state index in [1.807, 2.05) is 11.4 Å². The van der Waals surface area contributed by atoms with Crippen LogP contribution in [-0.2, 0) is 11.2 Å². The normalized spacial score (nSPS) is 24.0.